The molecule has 1 N–H and O–H groups in total. The average Bonchev–Trinajstić information content (AvgIpc) is 2.39. The third kappa shape index (κ3) is 3.02. The number of nitrogens with zero attached hydrogens (tertiary/aromatic N) is 1. The Kier molecular flexibility index (Phi) is 5.08. The van der Waals surface area contributed by atoms with Crippen LogP contribution in [0.1, 0.15) is 44.7 Å². The molecule has 0 aliphatic heterocycles. The first-order chi connectivity index (χ1) is 8.15. The molecule has 0 radical (unpaired) electrons. The van der Waals surface area contributed by atoms with E-state index in [2.05, 4.69) is 24.9 Å². The van der Waals surface area contributed by atoms with Crippen molar-refractivity contribution in [2.24, 2.45) is 10.9 Å². The fourth-order valence-electron chi connectivity index (χ4n) is 1.96. The van der Waals surface area contributed by atoms with Crippen molar-refractivity contribution in [2.75, 3.05) is 7.05 Å². The summed E-state index contributed by atoms with van der Waals surface area (Å²) in [6, 6.07) is 8.12. The van der Waals surface area contributed by atoms with Crippen molar-refractivity contribution >= 4 is 11.4 Å². The Morgan fingerprint density at radius 2 is 1.82 bits per heavy atom. The van der Waals surface area contributed by atoms with Crippen molar-refractivity contribution in [2.45, 2.75) is 33.6 Å². The summed E-state index contributed by atoms with van der Waals surface area (Å²) in [4.78, 5) is 4.43. The maximum Gasteiger partial charge on any atom is 0.0451 e. The first-order valence-electron chi connectivity index (χ1n) is 6.29. The molecule has 0 heterocycles. The minimum Gasteiger partial charge on any atom is -0.305 e. The highest BCUT2D eigenvalue weighted by Gasteiger charge is 2.15. The smallest absolute Gasteiger partial charge is 0.0451 e. The van der Waals surface area contributed by atoms with Crippen LogP contribution in [-0.4, -0.2) is 18.5 Å². The molecule has 2 heteroatoms. The van der Waals surface area contributed by atoms with Gasteiger partial charge in [-0.25, -0.2) is 0 Å². The first kappa shape index (κ1) is 13.6. The Balaban J connectivity index is 3.25. The number of hydrogen-bond acceptors (Lipinski definition) is 2. The Morgan fingerprint density at radius 3 is 2.29 bits per heavy atom. The summed E-state index contributed by atoms with van der Waals surface area (Å²) < 4.78 is 0. The Labute approximate surface area is 104 Å². The highest BCUT2D eigenvalue weighted by Crippen LogP contribution is 2.18. The molecule has 0 aliphatic rings. The van der Waals surface area contributed by atoms with Crippen molar-refractivity contribution in [1.82, 2.24) is 0 Å². The van der Waals surface area contributed by atoms with Crippen LogP contribution in [0, 0.1) is 11.3 Å². The van der Waals surface area contributed by atoms with E-state index in [9.17, 15) is 0 Å². The zero-order chi connectivity index (χ0) is 12.8. The van der Waals surface area contributed by atoms with Crippen LogP contribution >= 0.6 is 0 Å². The molecule has 0 spiro atoms. The summed E-state index contributed by atoms with van der Waals surface area (Å²) in [7, 11) is 1.84. The molecule has 1 aromatic carbocycles. The lowest BCUT2D eigenvalue weighted by atomic mass is 9.90. The summed E-state index contributed by atoms with van der Waals surface area (Å²) in [6.07, 6.45) is 1.83. The minimum absolute atomic E-state index is 0.436. The lowest BCUT2D eigenvalue weighted by Crippen LogP contribution is -2.16. The molecule has 1 rings (SSSR count). The van der Waals surface area contributed by atoms with Gasteiger partial charge in [-0.3, -0.25) is 4.99 Å². The fraction of sp³-hybridized carbons (Fsp3) is 0.467. The molecule has 92 valence electrons. The third-order valence-corrected chi connectivity index (χ3v) is 3.20. The van der Waals surface area contributed by atoms with Gasteiger partial charge in [-0.2, -0.15) is 0 Å². The van der Waals surface area contributed by atoms with Gasteiger partial charge in [-0.1, -0.05) is 45.0 Å². The van der Waals surface area contributed by atoms with Crippen LogP contribution in [0.4, 0.5) is 0 Å². The van der Waals surface area contributed by atoms with Crippen LogP contribution in [0.2, 0.25) is 0 Å². The van der Waals surface area contributed by atoms with E-state index in [-0.39, 0.29) is 0 Å². The summed E-state index contributed by atoms with van der Waals surface area (Å²) in [5.74, 6) is 0.436. The summed E-state index contributed by atoms with van der Waals surface area (Å²) >= 11 is 0. The maximum atomic E-state index is 8.03. The van der Waals surface area contributed by atoms with Crippen LogP contribution in [-0.2, 0) is 0 Å². The van der Waals surface area contributed by atoms with E-state index in [4.69, 9.17) is 5.41 Å². The molecule has 2 nitrogen and oxygen atoms in total. The number of aliphatic imine (C=N–C) groups is 1. The van der Waals surface area contributed by atoms with E-state index in [1.54, 1.807) is 0 Å². The lowest BCUT2D eigenvalue weighted by Gasteiger charge is -2.16. The van der Waals surface area contributed by atoms with Crippen LogP contribution in [0.3, 0.4) is 0 Å². The molecule has 0 saturated carbocycles. The first-order valence-corrected chi connectivity index (χ1v) is 6.29. The SMILES string of the molecule is CCC(=N)c1ccccc1C(=NC)C(C)CC. The van der Waals surface area contributed by atoms with E-state index >= 15 is 0 Å². The van der Waals surface area contributed by atoms with E-state index in [0.717, 1.165) is 29.7 Å². The van der Waals surface area contributed by atoms with Gasteiger partial charge in [0.1, 0.15) is 0 Å². The van der Waals surface area contributed by atoms with Gasteiger partial charge < -0.3 is 5.41 Å². The standard InChI is InChI=1S/C15H22N2/c1-5-11(3)15(17-4)13-10-8-7-9-12(13)14(16)6-2/h7-11,16H,5-6H2,1-4H3. The van der Waals surface area contributed by atoms with Crippen LogP contribution < -0.4 is 0 Å². The zero-order valence-electron chi connectivity index (χ0n) is 11.2. The van der Waals surface area contributed by atoms with Crippen molar-refractivity contribution in [3.8, 4) is 0 Å². The number of rotatable bonds is 5. The second-order valence-corrected chi connectivity index (χ2v) is 4.30. The molecule has 1 unspecified atom stereocenters. The van der Waals surface area contributed by atoms with E-state index in [1.807, 2.05) is 32.2 Å². The van der Waals surface area contributed by atoms with Gasteiger partial charge in [0.25, 0.3) is 0 Å². The highest BCUT2D eigenvalue weighted by atomic mass is 14.7. The minimum atomic E-state index is 0.436. The Hall–Kier alpha value is -1.44. The molecule has 0 aromatic heterocycles. The Morgan fingerprint density at radius 1 is 1.24 bits per heavy atom. The monoisotopic (exact) mass is 230 g/mol. The van der Waals surface area contributed by atoms with Gasteiger partial charge >= 0.3 is 0 Å². The summed E-state index contributed by atoms with van der Waals surface area (Å²) in [6.45, 7) is 6.38. The van der Waals surface area contributed by atoms with Crippen molar-refractivity contribution in [3.05, 3.63) is 35.4 Å². The summed E-state index contributed by atoms with van der Waals surface area (Å²) in [5.41, 5.74) is 3.94. The number of hydrogen-bond donors (Lipinski definition) is 1. The summed E-state index contributed by atoms with van der Waals surface area (Å²) in [5, 5.41) is 8.03. The average molecular weight is 230 g/mol. The molecule has 17 heavy (non-hydrogen) atoms. The lowest BCUT2D eigenvalue weighted by molar-refractivity contribution is 0.738. The van der Waals surface area contributed by atoms with E-state index < -0.39 is 0 Å². The van der Waals surface area contributed by atoms with Crippen molar-refractivity contribution < 1.29 is 0 Å². The van der Waals surface area contributed by atoms with Gasteiger partial charge in [0.15, 0.2) is 0 Å². The van der Waals surface area contributed by atoms with Gasteiger partial charge in [0.2, 0.25) is 0 Å². The molecule has 0 fully saturated rings. The molecule has 0 amide bonds. The molecular weight excluding hydrogens is 208 g/mol. The van der Waals surface area contributed by atoms with Crippen molar-refractivity contribution in [3.63, 3.8) is 0 Å². The molecule has 0 bridgehead atoms. The van der Waals surface area contributed by atoms with Crippen molar-refractivity contribution in [1.29, 1.82) is 5.41 Å². The molecular formula is C15H22N2. The maximum absolute atomic E-state index is 8.03. The predicted octanol–water partition coefficient (Wildman–Crippen LogP) is 3.93. The second-order valence-electron chi connectivity index (χ2n) is 4.30. The zero-order valence-corrected chi connectivity index (χ0v) is 11.2. The fourth-order valence-corrected chi connectivity index (χ4v) is 1.96. The number of nitrogens with one attached hydrogen (secondary N) is 1. The van der Waals surface area contributed by atoms with Gasteiger partial charge in [-0.05, 0) is 18.8 Å². The van der Waals surface area contributed by atoms with E-state index in [1.165, 1.54) is 0 Å². The largest absolute Gasteiger partial charge is 0.305 e. The highest BCUT2D eigenvalue weighted by molar-refractivity contribution is 6.12. The van der Waals surface area contributed by atoms with Gasteiger partial charge in [-0.15, -0.1) is 0 Å². The van der Waals surface area contributed by atoms with Gasteiger partial charge in [0, 0.05) is 29.6 Å². The third-order valence-electron chi connectivity index (χ3n) is 3.20. The van der Waals surface area contributed by atoms with Crippen LogP contribution in [0.15, 0.2) is 29.3 Å². The molecule has 0 aliphatic carbocycles. The quantitative estimate of drug-likeness (QED) is 0.744. The normalized spacial score (nSPS) is 13.5. The Bertz CT molecular complexity index is 419. The van der Waals surface area contributed by atoms with Crippen LogP contribution in [0.5, 0.6) is 0 Å². The van der Waals surface area contributed by atoms with Crippen LogP contribution in [0.25, 0.3) is 0 Å². The predicted molar refractivity (Wildman–Crippen MR) is 75.5 cm³/mol. The molecule has 1 atom stereocenters. The molecule has 1 aromatic rings. The topological polar surface area (TPSA) is 36.2 Å². The van der Waals surface area contributed by atoms with Gasteiger partial charge in [0.05, 0.1) is 0 Å². The van der Waals surface area contributed by atoms with E-state index in [0.29, 0.717) is 11.6 Å². The number of benzene rings is 1. The second kappa shape index (κ2) is 6.33. The molecule has 0 saturated heterocycles.